The zero-order valence-corrected chi connectivity index (χ0v) is 12.5. The maximum absolute atomic E-state index is 4.34. The lowest BCUT2D eigenvalue weighted by Gasteiger charge is -2.23. The van der Waals surface area contributed by atoms with E-state index < -0.39 is 0 Å². The molecule has 0 saturated heterocycles. The lowest BCUT2D eigenvalue weighted by Crippen LogP contribution is -2.14. The van der Waals surface area contributed by atoms with Gasteiger partial charge in [-0.3, -0.25) is 0 Å². The van der Waals surface area contributed by atoms with Gasteiger partial charge >= 0.3 is 0 Å². The van der Waals surface area contributed by atoms with Crippen LogP contribution in [-0.2, 0) is 0 Å². The first-order valence-electron chi connectivity index (χ1n) is 7.66. The molecule has 1 fully saturated rings. The van der Waals surface area contributed by atoms with Gasteiger partial charge in [-0.05, 0) is 18.4 Å². The summed E-state index contributed by atoms with van der Waals surface area (Å²) in [7, 11) is 0. The molecule has 1 aliphatic heterocycles. The van der Waals surface area contributed by atoms with E-state index in [1.165, 1.54) is 54.7 Å². The third kappa shape index (κ3) is 2.08. The van der Waals surface area contributed by atoms with Gasteiger partial charge in [0.15, 0.2) is 0 Å². The van der Waals surface area contributed by atoms with Crippen molar-refractivity contribution in [2.24, 2.45) is 0 Å². The molecule has 1 saturated carbocycles. The van der Waals surface area contributed by atoms with Crippen molar-refractivity contribution in [2.45, 2.75) is 43.4 Å². The fraction of sp³-hybridized carbons (Fsp3) is 0.471. The number of rotatable bonds is 3. The second-order valence-electron chi connectivity index (χ2n) is 5.88. The first-order chi connectivity index (χ1) is 9.93. The van der Waals surface area contributed by atoms with Crippen LogP contribution in [0.4, 0.5) is 0 Å². The van der Waals surface area contributed by atoms with Gasteiger partial charge in [0.2, 0.25) is 0 Å². The molecule has 2 heterocycles. The highest BCUT2D eigenvalue weighted by atomic mass is 32.2. The van der Waals surface area contributed by atoms with Crippen LogP contribution in [0.1, 0.15) is 43.7 Å². The van der Waals surface area contributed by atoms with Crippen molar-refractivity contribution < 1.29 is 0 Å². The quantitative estimate of drug-likeness (QED) is 0.824. The van der Waals surface area contributed by atoms with Gasteiger partial charge in [-0.2, -0.15) is 11.8 Å². The van der Waals surface area contributed by atoms with Crippen molar-refractivity contribution in [1.29, 1.82) is 0 Å². The van der Waals surface area contributed by atoms with Gasteiger partial charge in [-0.15, -0.1) is 0 Å². The van der Waals surface area contributed by atoms with E-state index in [1.807, 2.05) is 12.5 Å². The highest BCUT2D eigenvalue weighted by molar-refractivity contribution is 7.99. The lowest BCUT2D eigenvalue weighted by atomic mass is 10.0. The molecule has 1 atom stereocenters. The van der Waals surface area contributed by atoms with Crippen LogP contribution in [0.5, 0.6) is 0 Å². The van der Waals surface area contributed by atoms with Gasteiger partial charge in [0.05, 0.1) is 24.3 Å². The Morgan fingerprint density at radius 1 is 1.15 bits per heavy atom. The van der Waals surface area contributed by atoms with Crippen molar-refractivity contribution in [3.05, 3.63) is 42.4 Å². The number of nitrogens with zero attached hydrogens (tertiary/aromatic N) is 2. The topological polar surface area (TPSA) is 17.8 Å². The highest BCUT2D eigenvalue weighted by Crippen LogP contribution is 2.41. The van der Waals surface area contributed by atoms with E-state index in [2.05, 4.69) is 45.6 Å². The van der Waals surface area contributed by atoms with E-state index in [4.69, 9.17) is 0 Å². The van der Waals surface area contributed by atoms with Gasteiger partial charge < -0.3 is 4.57 Å². The third-order valence-electron chi connectivity index (χ3n) is 4.64. The Labute approximate surface area is 124 Å². The molecule has 0 radical (unpaired) electrons. The number of hydrogen-bond acceptors (Lipinski definition) is 2. The average molecular weight is 284 g/mol. The molecule has 0 bridgehead atoms. The minimum atomic E-state index is 0.482. The van der Waals surface area contributed by atoms with Crippen LogP contribution in [0.25, 0.3) is 11.3 Å². The summed E-state index contributed by atoms with van der Waals surface area (Å²) < 4.78 is 2.36. The molecular weight excluding hydrogens is 264 g/mol. The van der Waals surface area contributed by atoms with Crippen molar-refractivity contribution in [3.8, 4) is 11.3 Å². The summed E-state index contributed by atoms with van der Waals surface area (Å²) in [6, 6.07) is 9.29. The number of fused-ring (bicyclic) bond motifs is 3. The summed E-state index contributed by atoms with van der Waals surface area (Å²) in [6.07, 6.45) is 11.1. The normalized spacial score (nSPS) is 21.7. The van der Waals surface area contributed by atoms with E-state index in [1.54, 1.807) is 0 Å². The van der Waals surface area contributed by atoms with Crippen molar-refractivity contribution >= 4 is 11.8 Å². The largest absolute Gasteiger partial charge is 0.322 e. The van der Waals surface area contributed by atoms with Crippen LogP contribution in [0.3, 0.4) is 0 Å². The number of thioether (sulfide) groups is 1. The molecule has 1 aromatic carbocycles. The van der Waals surface area contributed by atoms with Gasteiger partial charge in [-0.25, -0.2) is 4.98 Å². The Morgan fingerprint density at radius 3 is 2.90 bits per heavy atom. The molecule has 3 heteroatoms. The van der Waals surface area contributed by atoms with Gasteiger partial charge in [-0.1, -0.05) is 43.5 Å². The molecule has 0 spiro atoms. The molecule has 4 rings (SSSR count). The number of hydrogen-bond donors (Lipinski definition) is 0. The van der Waals surface area contributed by atoms with Crippen LogP contribution in [0.15, 0.2) is 36.8 Å². The molecule has 1 unspecified atom stereocenters. The Kier molecular flexibility index (Phi) is 3.31. The third-order valence-corrected chi connectivity index (χ3v) is 6.09. The predicted molar refractivity (Wildman–Crippen MR) is 85.1 cm³/mol. The van der Waals surface area contributed by atoms with Crippen LogP contribution in [0, 0.1) is 0 Å². The van der Waals surface area contributed by atoms with Crippen LogP contribution < -0.4 is 0 Å². The lowest BCUT2D eigenvalue weighted by molar-refractivity contribution is 0.515. The molecule has 0 N–H and O–H groups in total. The minimum absolute atomic E-state index is 0.482. The van der Waals surface area contributed by atoms with Crippen molar-refractivity contribution in [2.75, 3.05) is 5.75 Å². The van der Waals surface area contributed by atoms with E-state index in [0.717, 1.165) is 5.25 Å². The van der Waals surface area contributed by atoms with Gasteiger partial charge in [0.1, 0.15) is 0 Å². The Bertz CT molecular complexity index is 599. The standard InChI is InChI=1S/C17H20N2S/c1-2-6-13(7-3-1)20-11-17-15-9-5-4-8-14(15)16-10-18-12-19(16)17/h4-5,8-10,12-13,17H,1-3,6-7,11H2. The SMILES string of the molecule is c1ccc2c(c1)-c1cncn1C2CSC1CCCCC1. The number of benzene rings is 1. The maximum Gasteiger partial charge on any atom is 0.0957 e. The average Bonchev–Trinajstić information content (AvgIpc) is 3.07. The fourth-order valence-electron chi connectivity index (χ4n) is 3.56. The summed E-state index contributed by atoms with van der Waals surface area (Å²) >= 11 is 2.18. The first kappa shape index (κ1) is 12.5. The number of imidazole rings is 1. The predicted octanol–water partition coefficient (Wildman–Crippen LogP) is 4.52. The van der Waals surface area contributed by atoms with Crippen LogP contribution in [-0.4, -0.2) is 20.6 Å². The van der Waals surface area contributed by atoms with E-state index in [9.17, 15) is 0 Å². The molecule has 1 aromatic heterocycles. The van der Waals surface area contributed by atoms with Crippen molar-refractivity contribution in [3.63, 3.8) is 0 Å². The summed E-state index contributed by atoms with van der Waals surface area (Å²) in [5, 5.41) is 0.878. The highest BCUT2D eigenvalue weighted by Gasteiger charge is 2.28. The van der Waals surface area contributed by atoms with E-state index in [0.29, 0.717) is 6.04 Å². The zero-order chi connectivity index (χ0) is 13.4. The Balaban J connectivity index is 1.56. The fourth-order valence-corrected chi connectivity index (χ4v) is 5.02. The summed E-state index contributed by atoms with van der Waals surface area (Å²) in [5.74, 6) is 1.19. The zero-order valence-electron chi connectivity index (χ0n) is 11.7. The number of aromatic nitrogens is 2. The molecular formula is C17H20N2S. The summed E-state index contributed by atoms with van der Waals surface area (Å²) in [5.41, 5.74) is 4.14. The van der Waals surface area contributed by atoms with Crippen molar-refractivity contribution in [1.82, 2.24) is 9.55 Å². The monoisotopic (exact) mass is 284 g/mol. The Morgan fingerprint density at radius 2 is 2.00 bits per heavy atom. The van der Waals surface area contributed by atoms with E-state index in [-0.39, 0.29) is 0 Å². The second kappa shape index (κ2) is 5.28. The summed E-state index contributed by atoms with van der Waals surface area (Å²) in [4.78, 5) is 4.34. The van der Waals surface area contributed by atoms with E-state index >= 15 is 0 Å². The smallest absolute Gasteiger partial charge is 0.0957 e. The minimum Gasteiger partial charge on any atom is -0.322 e. The second-order valence-corrected chi connectivity index (χ2v) is 7.22. The van der Waals surface area contributed by atoms with Gasteiger partial charge in [0, 0.05) is 16.6 Å². The molecule has 20 heavy (non-hydrogen) atoms. The van der Waals surface area contributed by atoms with Crippen LogP contribution in [0.2, 0.25) is 0 Å². The summed E-state index contributed by atoms with van der Waals surface area (Å²) in [6.45, 7) is 0. The molecule has 2 nitrogen and oxygen atoms in total. The molecule has 1 aliphatic carbocycles. The molecule has 2 aromatic rings. The molecule has 0 amide bonds. The van der Waals surface area contributed by atoms with Crippen LogP contribution >= 0.6 is 11.8 Å². The molecule has 104 valence electrons. The first-order valence-corrected chi connectivity index (χ1v) is 8.71. The Hall–Kier alpha value is -1.22. The molecule has 2 aliphatic rings. The van der Waals surface area contributed by atoms with Gasteiger partial charge in [0.25, 0.3) is 0 Å². The maximum atomic E-state index is 4.34.